The molecule has 2 atom stereocenters. The lowest BCUT2D eigenvalue weighted by Crippen LogP contribution is -2.58. The van der Waals surface area contributed by atoms with Gasteiger partial charge in [0, 0.05) is 24.0 Å². The van der Waals surface area contributed by atoms with Crippen LogP contribution in [-0.2, 0) is 0 Å². The van der Waals surface area contributed by atoms with Crippen molar-refractivity contribution in [1.82, 2.24) is 0 Å². The quantitative estimate of drug-likeness (QED) is 0.906. The first kappa shape index (κ1) is 13.8. The Morgan fingerprint density at radius 3 is 2.67 bits per heavy atom. The average molecular weight is 264 g/mol. The predicted octanol–water partition coefficient (Wildman–Crippen LogP) is 3.04. The zero-order chi connectivity index (χ0) is 13.2. The van der Waals surface area contributed by atoms with Crippen molar-refractivity contribution in [3.8, 4) is 0 Å². The van der Waals surface area contributed by atoms with Crippen LogP contribution in [0.3, 0.4) is 0 Å². The number of para-hydroxylation sites is 1. The summed E-state index contributed by atoms with van der Waals surface area (Å²) in [4.78, 5) is 2.53. The Kier molecular flexibility index (Phi) is 4.23. The van der Waals surface area contributed by atoms with Crippen LogP contribution in [0.2, 0.25) is 0 Å². The van der Waals surface area contributed by atoms with Crippen LogP contribution >= 0.6 is 11.8 Å². The van der Waals surface area contributed by atoms with Crippen LogP contribution in [0.5, 0.6) is 0 Å². The minimum atomic E-state index is 0.130. The molecule has 3 heteroatoms. The van der Waals surface area contributed by atoms with Crippen molar-refractivity contribution in [2.75, 3.05) is 23.7 Å². The van der Waals surface area contributed by atoms with Gasteiger partial charge >= 0.3 is 0 Å². The molecule has 1 aliphatic rings. The summed E-state index contributed by atoms with van der Waals surface area (Å²) in [5.74, 6) is 1.22. The maximum Gasteiger partial charge on any atom is 0.0647 e. The van der Waals surface area contributed by atoms with Gasteiger partial charge in [-0.05, 0) is 37.7 Å². The molecule has 0 aromatic heterocycles. The largest absolute Gasteiger partial charge is 0.364 e. The van der Waals surface area contributed by atoms with Crippen LogP contribution in [-0.4, -0.2) is 29.6 Å². The van der Waals surface area contributed by atoms with E-state index in [1.807, 2.05) is 0 Å². The number of nitrogens with zero attached hydrogens (tertiary/aromatic N) is 1. The summed E-state index contributed by atoms with van der Waals surface area (Å²) in [6.07, 6.45) is 1.19. The Morgan fingerprint density at radius 1 is 1.44 bits per heavy atom. The van der Waals surface area contributed by atoms with Gasteiger partial charge in [-0.15, -0.1) is 0 Å². The fourth-order valence-corrected chi connectivity index (χ4v) is 4.57. The minimum absolute atomic E-state index is 0.130. The molecule has 100 valence electrons. The molecule has 2 rings (SSSR count). The molecule has 0 aliphatic carbocycles. The highest BCUT2D eigenvalue weighted by Gasteiger charge is 2.44. The zero-order valence-electron chi connectivity index (χ0n) is 11.6. The Balaban J connectivity index is 2.41. The van der Waals surface area contributed by atoms with Gasteiger partial charge in [-0.2, -0.15) is 11.8 Å². The SMILES string of the molecule is CCN(c1ccccc1C)C1(CN)CCSC1C. The summed E-state index contributed by atoms with van der Waals surface area (Å²) >= 11 is 2.05. The molecule has 0 bridgehead atoms. The van der Waals surface area contributed by atoms with Crippen molar-refractivity contribution >= 4 is 17.4 Å². The fourth-order valence-electron chi connectivity index (χ4n) is 3.09. The Labute approximate surface area is 115 Å². The molecular formula is C15H24N2S. The molecule has 2 unspecified atom stereocenters. The van der Waals surface area contributed by atoms with E-state index in [1.54, 1.807) is 0 Å². The van der Waals surface area contributed by atoms with Crippen LogP contribution in [0.25, 0.3) is 0 Å². The van der Waals surface area contributed by atoms with E-state index in [4.69, 9.17) is 5.73 Å². The van der Waals surface area contributed by atoms with E-state index in [0.29, 0.717) is 5.25 Å². The van der Waals surface area contributed by atoms with Crippen molar-refractivity contribution in [3.05, 3.63) is 29.8 Å². The van der Waals surface area contributed by atoms with Gasteiger partial charge in [0.15, 0.2) is 0 Å². The molecular weight excluding hydrogens is 240 g/mol. The molecule has 0 radical (unpaired) electrons. The van der Waals surface area contributed by atoms with Crippen LogP contribution in [0.15, 0.2) is 24.3 Å². The van der Waals surface area contributed by atoms with Crippen LogP contribution < -0.4 is 10.6 Å². The van der Waals surface area contributed by atoms with E-state index in [9.17, 15) is 0 Å². The summed E-state index contributed by atoms with van der Waals surface area (Å²) in [6.45, 7) is 8.51. The summed E-state index contributed by atoms with van der Waals surface area (Å²) in [5, 5.41) is 0.599. The Morgan fingerprint density at radius 2 is 2.17 bits per heavy atom. The number of nitrogens with two attached hydrogens (primary N) is 1. The molecule has 0 saturated carbocycles. The summed E-state index contributed by atoms with van der Waals surface area (Å²) in [5.41, 5.74) is 8.99. The molecule has 1 heterocycles. The van der Waals surface area contributed by atoms with Crippen molar-refractivity contribution < 1.29 is 0 Å². The molecule has 0 amide bonds. The number of anilines is 1. The summed E-state index contributed by atoms with van der Waals surface area (Å²) in [7, 11) is 0. The lowest BCUT2D eigenvalue weighted by atomic mass is 9.89. The van der Waals surface area contributed by atoms with Gasteiger partial charge in [-0.3, -0.25) is 0 Å². The van der Waals surface area contributed by atoms with E-state index in [1.165, 1.54) is 23.4 Å². The van der Waals surface area contributed by atoms with Gasteiger partial charge in [0.2, 0.25) is 0 Å². The lowest BCUT2D eigenvalue weighted by Gasteiger charge is -2.45. The third-order valence-electron chi connectivity index (χ3n) is 4.27. The van der Waals surface area contributed by atoms with Crippen molar-refractivity contribution in [1.29, 1.82) is 0 Å². The number of hydrogen-bond donors (Lipinski definition) is 1. The highest BCUT2D eigenvalue weighted by Crippen LogP contribution is 2.42. The van der Waals surface area contributed by atoms with Crippen LogP contribution in [0.4, 0.5) is 5.69 Å². The van der Waals surface area contributed by atoms with Crippen molar-refractivity contribution in [2.24, 2.45) is 5.73 Å². The number of benzene rings is 1. The molecule has 18 heavy (non-hydrogen) atoms. The Bertz CT molecular complexity index is 407. The first-order valence-electron chi connectivity index (χ1n) is 6.80. The van der Waals surface area contributed by atoms with Gasteiger partial charge in [0.05, 0.1) is 5.54 Å². The lowest BCUT2D eigenvalue weighted by molar-refractivity contribution is 0.399. The number of rotatable bonds is 4. The molecule has 1 saturated heterocycles. The first-order chi connectivity index (χ1) is 8.65. The molecule has 2 nitrogen and oxygen atoms in total. The third-order valence-corrected chi connectivity index (χ3v) is 5.65. The maximum absolute atomic E-state index is 6.17. The minimum Gasteiger partial charge on any atom is -0.364 e. The smallest absolute Gasteiger partial charge is 0.0647 e. The highest BCUT2D eigenvalue weighted by molar-refractivity contribution is 8.00. The second-order valence-corrected chi connectivity index (χ2v) is 6.55. The molecule has 1 aliphatic heterocycles. The third kappa shape index (κ3) is 2.14. The van der Waals surface area contributed by atoms with Gasteiger partial charge in [-0.1, -0.05) is 25.1 Å². The normalized spacial score (nSPS) is 27.4. The van der Waals surface area contributed by atoms with Crippen LogP contribution in [0, 0.1) is 6.92 Å². The molecule has 0 spiro atoms. The van der Waals surface area contributed by atoms with Gasteiger partial charge in [-0.25, -0.2) is 0 Å². The van der Waals surface area contributed by atoms with Crippen molar-refractivity contribution in [2.45, 2.75) is 38.0 Å². The number of likely N-dealkylation sites (N-methyl/N-ethyl adjacent to an activating group) is 1. The van der Waals surface area contributed by atoms with E-state index in [2.05, 4.69) is 61.7 Å². The van der Waals surface area contributed by atoms with Gasteiger partial charge in [0.25, 0.3) is 0 Å². The predicted molar refractivity (Wildman–Crippen MR) is 82.5 cm³/mol. The summed E-state index contributed by atoms with van der Waals surface area (Å²) in [6, 6.07) is 8.65. The summed E-state index contributed by atoms with van der Waals surface area (Å²) < 4.78 is 0. The monoisotopic (exact) mass is 264 g/mol. The zero-order valence-corrected chi connectivity index (χ0v) is 12.5. The van der Waals surface area contributed by atoms with Gasteiger partial charge in [0.1, 0.15) is 0 Å². The molecule has 1 aromatic carbocycles. The highest BCUT2D eigenvalue weighted by atomic mass is 32.2. The second kappa shape index (κ2) is 5.54. The maximum atomic E-state index is 6.17. The van der Waals surface area contributed by atoms with Gasteiger partial charge < -0.3 is 10.6 Å². The topological polar surface area (TPSA) is 29.3 Å². The molecule has 1 fully saturated rings. The van der Waals surface area contributed by atoms with E-state index < -0.39 is 0 Å². The van der Waals surface area contributed by atoms with E-state index in [0.717, 1.165) is 13.1 Å². The standard InChI is InChI=1S/C15H24N2S/c1-4-17(14-8-6-5-7-12(14)2)15(11-16)9-10-18-13(15)3/h5-8,13H,4,9-11,16H2,1-3H3. The average Bonchev–Trinajstić information content (AvgIpc) is 2.75. The number of thioether (sulfide) groups is 1. The number of aryl methyl sites for hydroxylation is 1. The van der Waals surface area contributed by atoms with E-state index in [-0.39, 0.29) is 5.54 Å². The Hall–Kier alpha value is -0.670. The second-order valence-electron chi connectivity index (χ2n) is 5.10. The fraction of sp³-hybridized carbons (Fsp3) is 0.600. The molecule has 1 aromatic rings. The van der Waals surface area contributed by atoms with Crippen molar-refractivity contribution in [3.63, 3.8) is 0 Å². The molecule has 2 N–H and O–H groups in total. The number of hydrogen-bond acceptors (Lipinski definition) is 3. The first-order valence-corrected chi connectivity index (χ1v) is 7.85. The van der Waals surface area contributed by atoms with E-state index >= 15 is 0 Å². The van der Waals surface area contributed by atoms with Crippen LogP contribution in [0.1, 0.15) is 25.8 Å².